The molecule has 4 aromatic rings. The van der Waals surface area contributed by atoms with Crippen LogP contribution in [0.1, 0.15) is 19.8 Å². The third-order valence-corrected chi connectivity index (χ3v) is 6.58. The van der Waals surface area contributed by atoms with E-state index in [-0.39, 0.29) is 17.2 Å². The van der Waals surface area contributed by atoms with Crippen LogP contribution >= 0.6 is 11.8 Å². The quantitative estimate of drug-likeness (QED) is 0.361. The van der Waals surface area contributed by atoms with Crippen LogP contribution in [0, 0.1) is 0 Å². The van der Waals surface area contributed by atoms with Crippen molar-refractivity contribution in [3.05, 3.63) is 52.8 Å². The molecule has 1 aliphatic rings. The van der Waals surface area contributed by atoms with Crippen molar-refractivity contribution in [3.8, 4) is 0 Å². The number of thioether (sulfide) groups is 1. The van der Waals surface area contributed by atoms with Crippen LogP contribution < -0.4 is 10.9 Å². The highest BCUT2D eigenvalue weighted by atomic mass is 32.2. The van der Waals surface area contributed by atoms with Crippen LogP contribution in [-0.2, 0) is 22.7 Å². The molecule has 1 amide bonds. The number of aryl methyl sites for hydroxylation is 1. The third-order valence-electron chi connectivity index (χ3n) is 5.11. The molecule has 0 aliphatic carbocycles. The summed E-state index contributed by atoms with van der Waals surface area (Å²) in [6.07, 6.45) is 1.82. The molecule has 2 aromatic heterocycles. The lowest BCUT2D eigenvalue weighted by Crippen LogP contribution is -2.23. The zero-order valence-electron chi connectivity index (χ0n) is 17.2. The van der Waals surface area contributed by atoms with Crippen molar-refractivity contribution < 1.29 is 4.79 Å². The van der Waals surface area contributed by atoms with Crippen molar-refractivity contribution in [2.75, 3.05) is 11.1 Å². The van der Waals surface area contributed by atoms with Gasteiger partial charge in [-0.3, -0.25) is 18.6 Å². The molecule has 0 saturated heterocycles. The highest BCUT2D eigenvalue weighted by Gasteiger charge is 2.18. The Hall–Kier alpha value is -3.31. The summed E-state index contributed by atoms with van der Waals surface area (Å²) in [6.45, 7) is 2.65. The summed E-state index contributed by atoms with van der Waals surface area (Å²) in [4.78, 5) is 25.7. The second-order valence-electron chi connectivity index (χ2n) is 7.22. The Kier molecular flexibility index (Phi) is 5.58. The molecule has 3 heterocycles. The van der Waals surface area contributed by atoms with E-state index in [9.17, 15) is 9.59 Å². The fourth-order valence-electron chi connectivity index (χ4n) is 3.57. The van der Waals surface area contributed by atoms with Gasteiger partial charge in [0.15, 0.2) is 5.16 Å². The Morgan fingerprint density at radius 2 is 2.00 bits per heavy atom. The lowest BCUT2D eigenvalue weighted by atomic mass is 10.2. The number of anilines is 1. The molecule has 0 fully saturated rings. The van der Waals surface area contributed by atoms with Crippen molar-refractivity contribution in [2.45, 2.75) is 31.5 Å². The summed E-state index contributed by atoms with van der Waals surface area (Å²) in [6, 6.07) is 12.9. The monoisotopic (exact) mass is 465 g/mol. The largest absolute Gasteiger partial charge is 0.323 e. The van der Waals surface area contributed by atoms with Crippen molar-refractivity contribution in [2.24, 2.45) is 8.73 Å². The number of benzene rings is 2. The number of para-hydroxylation sites is 1. The number of nitrogens with zero attached hydrogens (tertiary/aromatic N) is 6. The number of fused-ring (bicyclic) bond motifs is 4. The van der Waals surface area contributed by atoms with E-state index in [1.54, 1.807) is 10.6 Å². The highest BCUT2D eigenvalue weighted by Crippen LogP contribution is 2.38. The van der Waals surface area contributed by atoms with E-state index in [1.165, 1.54) is 11.8 Å². The summed E-state index contributed by atoms with van der Waals surface area (Å²) >= 11 is 2.38. The number of unbranched alkanes of at least 4 members (excludes halogenated alkanes) is 1. The number of hydrogen-bond acceptors (Lipinski definition) is 7. The molecule has 9 nitrogen and oxygen atoms in total. The number of hydrogen-bond donors (Lipinski definition) is 1. The van der Waals surface area contributed by atoms with Crippen LogP contribution in [0.5, 0.6) is 0 Å². The number of carbonyl (C=O) groups excluding carboxylic acids is 1. The maximum Gasteiger partial charge on any atom is 0.262 e. The number of amides is 1. The lowest BCUT2D eigenvalue weighted by Gasteiger charge is -2.11. The number of carbonyl (C=O) groups is 1. The zero-order chi connectivity index (χ0) is 22.1. The Labute approximate surface area is 190 Å². The second kappa shape index (κ2) is 8.67. The minimum atomic E-state index is -0.184. The second-order valence-corrected chi connectivity index (χ2v) is 8.69. The predicted octanol–water partition coefficient (Wildman–Crippen LogP) is 4.30. The van der Waals surface area contributed by atoms with Crippen molar-refractivity contribution in [1.82, 2.24) is 19.2 Å². The SMILES string of the molecule is CCCCn1c(=O)c2ccccc2n2c(SCC(=O)Nc3cccc4c3N=S=N4)nnc12. The van der Waals surface area contributed by atoms with Crippen molar-refractivity contribution in [3.63, 3.8) is 0 Å². The first-order valence-corrected chi connectivity index (χ1v) is 11.9. The van der Waals surface area contributed by atoms with Gasteiger partial charge in [0.2, 0.25) is 11.7 Å². The minimum absolute atomic E-state index is 0.0757. The summed E-state index contributed by atoms with van der Waals surface area (Å²) < 4.78 is 12.0. The smallest absolute Gasteiger partial charge is 0.262 e. The molecule has 2 aromatic carbocycles. The topological polar surface area (TPSA) is 106 Å². The molecule has 0 spiro atoms. The average Bonchev–Trinajstić information content (AvgIpc) is 3.46. The Balaban J connectivity index is 1.44. The molecule has 0 unspecified atom stereocenters. The summed E-state index contributed by atoms with van der Waals surface area (Å²) in [7, 11) is 0. The molecule has 32 heavy (non-hydrogen) atoms. The van der Waals surface area contributed by atoms with Crippen molar-refractivity contribution in [1.29, 1.82) is 0 Å². The van der Waals surface area contributed by atoms with Gasteiger partial charge >= 0.3 is 0 Å². The van der Waals surface area contributed by atoms with Gasteiger partial charge in [-0.1, -0.05) is 43.3 Å². The van der Waals surface area contributed by atoms with Gasteiger partial charge in [-0.25, -0.2) is 0 Å². The zero-order valence-corrected chi connectivity index (χ0v) is 18.8. The molecular weight excluding hydrogens is 446 g/mol. The summed E-state index contributed by atoms with van der Waals surface area (Å²) in [5, 5.41) is 12.6. The maximum atomic E-state index is 13.0. The Bertz CT molecular complexity index is 1490. The standard InChI is InChI=1S/C21H19N7O2S2/c1-2-3-11-27-19(30)13-7-4-5-10-16(13)28-20(27)23-24-21(28)31-12-17(29)22-14-8-6-9-15-18(14)26-32-25-15/h4-10H,2-3,11-12H2,1H3,(H,22,29). The van der Waals surface area contributed by atoms with Gasteiger partial charge in [-0.2, -0.15) is 8.73 Å². The van der Waals surface area contributed by atoms with Gasteiger partial charge in [-0.05, 0) is 30.7 Å². The molecular formula is C21H19N7O2S2. The van der Waals surface area contributed by atoms with Gasteiger partial charge in [-0.15, -0.1) is 10.2 Å². The van der Waals surface area contributed by atoms with Crippen LogP contribution in [0.25, 0.3) is 16.7 Å². The first kappa shape index (κ1) is 20.6. The Morgan fingerprint density at radius 3 is 2.88 bits per heavy atom. The summed E-state index contributed by atoms with van der Waals surface area (Å²) in [5.41, 5.74) is 2.71. The van der Waals surface area contributed by atoms with Crippen LogP contribution in [0.4, 0.5) is 17.1 Å². The molecule has 0 saturated carbocycles. The molecule has 11 heteroatoms. The summed E-state index contributed by atoms with van der Waals surface area (Å²) in [5.74, 6) is 0.441. The molecule has 0 atom stereocenters. The first-order valence-electron chi connectivity index (χ1n) is 10.2. The molecule has 5 rings (SSSR count). The van der Waals surface area contributed by atoms with E-state index in [2.05, 4.69) is 31.2 Å². The third kappa shape index (κ3) is 3.63. The minimum Gasteiger partial charge on any atom is -0.323 e. The first-order chi connectivity index (χ1) is 15.7. The maximum absolute atomic E-state index is 13.0. The van der Waals surface area contributed by atoms with Gasteiger partial charge in [0.05, 0.1) is 33.7 Å². The van der Waals surface area contributed by atoms with Gasteiger partial charge < -0.3 is 5.32 Å². The van der Waals surface area contributed by atoms with E-state index in [4.69, 9.17) is 0 Å². The molecule has 0 bridgehead atoms. The molecule has 1 N–H and O–H groups in total. The number of aromatic nitrogens is 4. The van der Waals surface area contributed by atoms with Crippen LogP contribution in [0.2, 0.25) is 0 Å². The van der Waals surface area contributed by atoms with Crippen LogP contribution in [0.3, 0.4) is 0 Å². The number of nitrogens with one attached hydrogen (secondary N) is 1. The van der Waals surface area contributed by atoms with Crippen LogP contribution in [0.15, 0.2) is 61.1 Å². The van der Waals surface area contributed by atoms with E-state index < -0.39 is 0 Å². The number of rotatable bonds is 7. The predicted molar refractivity (Wildman–Crippen MR) is 127 cm³/mol. The fourth-order valence-corrected chi connectivity index (χ4v) is 4.86. The normalized spacial score (nSPS) is 12.3. The van der Waals surface area contributed by atoms with E-state index in [1.807, 2.05) is 40.8 Å². The highest BCUT2D eigenvalue weighted by molar-refractivity contribution is 7.99. The van der Waals surface area contributed by atoms with Crippen molar-refractivity contribution >= 4 is 62.8 Å². The molecule has 0 radical (unpaired) electrons. The van der Waals surface area contributed by atoms with E-state index >= 15 is 0 Å². The fraction of sp³-hybridized carbons (Fsp3) is 0.238. The van der Waals surface area contributed by atoms with Gasteiger partial charge in [0.25, 0.3) is 5.56 Å². The average molecular weight is 466 g/mol. The molecule has 162 valence electrons. The van der Waals surface area contributed by atoms with E-state index in [0.717, 1.165) is 35.4 Å². The lowest BCUT2D eigenvalue weighted by molar-refractivity contribution is -0.113. The van der Waals surface area contributed by atoms with Crippen LogP contribution in [-0.4, -0.2) is 30.8 Å². The Morgan fingerprint density at radius 1 is 1.12 bits per heavy atom. The van der Waals surface area contributed by atoms with Gasteiger partial charge in [0.1, 0.15) is 11.4 Å². The van der Waals surface area contributed by atoms with E-state index in [0.29, 0.717) is 34.2 Å². The molecule has 1 aliphatic heterocycles. The van der Waals surface area contributed by atoms with Gasteiger partial charge in [0, 0.05) is 6.54 Å².